The highest BCUT2D eigenvalue weighted by Crippen LogP contribution is 2.20. The monoisotopic (exact) mass is 236 g/mol. The van der Waals surface area contributed by atoms with Crippen molar-refractivity contribution in [2.24, 2.45) is 5.73 Å². The minimum atomic E-state index is -0.420. The molecule has 0 aromatic carbocycles. The molecule has 15 heavy (non-hydrogen) atoms. The highest BCUT2D eigenvalue weighted by molar-refractivity contribution is 5.85. The second-order valence-corrected chi connectivity index (χ2v) is 4.70. The Balaban J connectivity index is 0.00000196. The summed E-state index contributed by atoms with van der Waals surface area (Å²) in [7, 11) is 0. The molecule has 1 unspecified atom stereocenters. The van der Waals surface area contributed by atoms with Gasteiger partial charge in [0.05, 0.1) is 17.7 Å². The number of halogens is 1. The van der Waals surface area contributed by atoms with Crippen LogP contribution in [0.1, 0.15) is 27.7 Å². The first-order valence-corrected chi connectivity index (χ1v) is 5.04. The Morgan fingerprint density at radius 2 is 2.13 bits per heavy atom. The predicted octanol–water partition coefficient (Wildman–Crippen LogP) is 0.781. The molecule has 1 fully saturated rings. The Kier molecular flexibility index (Phi) is 5.03. The van der Waals surface area contributed by atoms with Gasteiger partial charge < -0.3 is 15.4 Å². The maximum absolute atomic E-state index is 11.7. The average Bonchev–Trinajstić information content (AvgIpc) is 1.98. The molecule has 2 atom stereocenters. The van der Waals surface area contributed by atoms with Gasteiger partial charge in [-0.1, -0.05) is 0 Å². The van der Waals surface area contributed by atoms with Crippen LogP contribution >= 0.6 is 12.4 Å². The molecule has 1 amide bonds. The summed E-state index contributed by atoms with van der Waals surface area (Å²) >= 11 is 0. The van der Waals surface area contributed by atoms with E-state index >= 15 is 0 Å². The maximum atomic E-state index is 11.7. The minimum Gasteiger partial charge on any atom is -0.369 e. The van der Waals surface area contributed by atoms with E-state index in [0.29, 0.717) is 13.1 Å². The maximum Gasteiger partial charge on any atom is 0.239 e. The summed E-state index contributed by atoms with van der Waals surface area (Å²) in [6.45, 7) is 8.94. The number of nitrogens with zero attached hydrogens (tertiary/aromatic N) is 1. The van der Waals surface area contributed by atoms with Crippen molar-refractivity contribution >= 4 is 18.3 Å². The van der Waals surface area contributed by atoms with E-state index in [1.807, 2.05) is 20.8 Å². The number of carbonyl (C=O) groups is 1. The molecule has 0 spiro atoms. The molecule has 90 valence electrons. The highest BCUT2D eigenvalue weighted by Gasteiger charge is 2.34. The van der Waals surface area contributed by atoms with E-state index in [2.05, 4.69) is 0 Å². The molecule has 0 radical (unpaired) electrons. The zero-order chi connectivity index (χ0) is 10.9. The van der Waals surface area contributed by atoms with Crippen molar-refractivity contribution in [3.63, 3.8) is 0 Å². The quantitative estimate of drug-likeness (QED) is 0.732. The molecular weight excluding hydrogens is 216 g/mol. The number of carbonyl (C=O) groups excluding carboxylic acids is 1. The van der Waals surface area contributed by atoms with Crippen molar-refractivity contribution in [1.82, 2.24) is 4.90 Å². The number of morpholine rings is 1. The number of nitrogens with two attached hydrogens (primary N) is 1. The third-order valence-corrected chi connectivity index (χ3v) is 2.27. The number of hydrogen-bond donors (Lipinski definition) is 1. The van der Waals surface area contributed by atoms with Crippen molar-refractivity contribution in [3.8, 4) is 0 Å². The van der Waals surface area contributed by atoms with Gasteiger partial charge in [0.2, 0.25) is 5.91 Å². The Morgan fingerprint density at radius 3 is 2.53 bits per heavy atom. The molecule has 1 rings (SSSR count). The van der Waals surface area contributed by atoms with Crippen molar-refractivity contribution in [2.75, 3.05) is 13.1 Å². The van der Waals surface area contributed by atoms with Crippen LogP contribution in [0, 0.1) is 0 Å². The molecule has 1 aliphatic heterocycles. The van der Waals surface area contributed by atoms with E-state index in [1.54, 1.807) is 11.8 Å². The molecule has 2 N–H and O–H groups in total. The molecule has 0 aliphatic carbocycles. The fraction of sp³-hybridized carbons (Fsp3) is 0.900. The zero-order valence-corrected chi connectivity index (χ0v) is 10.6. The summed E-state index contributed by atoms with van der Waals surface area (Å²) in [5, 5.41) is 0. The van der Waals surface area contributed by atoms with Crippen molar-refractivity contribution in [2.45, 2.75) is 45.4 Å². The van der Waals surface area contributed by atoms with Crippen LogP contribution in [0.15, 0.2) is 0 Å². The van der Waals surface area contributed by atoms with E-state index in [0.717, 1.165) is 0 Å². The molecule has 0 bridgehead atoms. The van der Waals surface area contributed by atoms with Gasteiger partial charge in [-0.3, -0.25) is 4.79 Å². The summed E-state index contributed by atoms with van der Waals surface area (Å²) in [6, 6.07) is -0.420. The van der Waals surface area contributed by atoms with Crippen molar-refractivity contribution in [3.05, 3.63) is 0 Å². The SMILES string of the molecule is CC1CN(C(=O)[C@H](C)N)CC(C)(C)O1.Cl. The van der Waals surface area contributed by atoms with Gasteiger partial charge in [-0.2, -0.15) is 0 Å². The van der Waals surface area contributed by atoms with Crippen LogP contribution in [0.3, 0.4) is 0 Å². The van der Waals surface area contributed by atoms with Crippen LogP contribution in [0.25, 0.3) is 0 Å². The standard InChI is InChI=1S/C10H20N2O2.ClH/c1-7-5-12(9(13)8(2)11)6-10(3,4)14-7;/h7-8H,5-6,11H2,1-4H3;1H/t7?,8-;/m0./s1. The normalized spacial score (nSPS) is 26.7. The zero-order valence-electron chi connectivity index (χ0n) is 9.82. The highest BCUT2D eigenvalue weighted by atomic mass is 35.5. The Labute approximate surface area is 97.5 Å². The van der Waals surface area contributed by atoms with E-state index < -0.39 is 6.04 Å². The lowest BCUT2D eigenvalue weighted by Gasteiger charge is -2.42. The average molecular weight is 237 g/mol. The minimum absolute atomic E-state index is 0. The second kappa shape index (κ2) is 5.14. The number of amides is 1. The lowest BCUT2D eigenvalue weighted by molar-refractivity contribution is -0.158. The molecule has 1 saturated heterocycles. The van der Waals surface area contributed by atoms with Crippen molar-refractivity contribution < 1.29 is 9.53 Å². The molecule has 1 heterocycles. The van der Waals surface area contributed by atoms with Crippen LogP contribution in [-0.4, -0.2) is 41.6 Å². The first-order valence-electron chi connectivity index (χ1n) is 5.04. The first-order chi connectivity index (χ1) is 6.32. The second-order valence-electron chi connectivity index (χ2n) is 4.70. The van der Waals surface area contributed by atoms with Crippen LogP contribution in [0.5, 0.6) is 0 Å². The van der Waals surface area contributed by atoms with Gasteiger partial charge in [-0.15, -0.1) is 12.4 Å². The third-order valence-electron chi connectivity index (χ3n) is 2.27. The van der Waals surface area contributed by atoms with E-state index in [-0.39, 0.29) is 30.0 Å². The summed E-state index contributed by atoms with van der Waals surface area (Å²) in [6.07, 6.45) is 0.0847. The molecule has 1 aliphatic rings. The molecular formula is C10H21ClN2O2. The molecule has 5 heteroatoms. The van der Waals surface area contributed by atoms with E-state index in [9.17, 15) is 4.79 Å². The Hall–Kier alpha value is -0.320. The fourth-order valence-electron chi connectivity index (χ4n) is 1.91. The van der Waals surface area contributed by atoms with Gasteiger partial charge in [-0.25, -0.2) is 0 Å². The van der Waals surface area contributed by atoms with Gasteiger partial charge in [0.1, 0.15) is 0 Å². The lowest BCUT2D eigenvalue weighted by atomic mass is 10.0. The fourth-order valence-corrected chi connectivity index (χ4v) is 1.91. The topological polar surface area (TPSA) is 55.6 Å². The largest absolute Gasteiger partial charge is 0.369 e. The number of ether oxygens (including phenoxy) is 1. The van der Waals surface area contributed by atoms with Crippen LogP contribution in [0.2, 0.25) is 0 Å². The summed E-state index contributed by atoms with van der Waals surface area (Å²) < 4.78 is 5.70. The summed E-state index contributed by atoms with van der Waals surface area (Å²) in [5.74, 6) is 0.00762. The Bertz CT molecular complexity index is 231. The lowest BCUT2D eigenvalue weighted by Crippen LogP contribution is -2.56. The summed E-state index contributed by atoms with van der Waals surface area (Å²) in [5.41, 5.74) is 5.31. The molecule has 4 nitrogen and oxygen atoms in total. The molecule has 0 aromatic rings. The van der Waals surface area contributed by atoms with Gasteiger partial charge in [0, 0.05) is 13.1 Å². The Morgan fingerprint density at radius 1 is 1.60 bits per heavy atom. The number of hydrogen-bond acceptors (Lipinski definition) is 3. The van der Waals surface area contributed by atoms with Crippen molar-refractivity contribution in [1.29, 1.82) is 0 Å². The summed E-state index contributed by atoms with van der Waals surface area (Å²) in [4.78, 5) is 13.5. The van der Waals surface area contributed by atoms with Crippen LogP contribution in [-0.2, 0) is 9.53 Å². The predicted molar refractivity (Wildman–Crippen MR) is 62.1 cm³/mol. The molecule has 0 saturated carbocycles. The van der Waals surface area contributed by atoms with Crippen LogP contribution < -0.4 is 5.73 Å². The van der Waals surface area contributed by atoms with Gasteiger partial charge >= 0.3 is 0 Å². The smallest absolute Gasteiger partial charge is 0.239 e. The van der Waals surface area contributed by atoms with Gasteiger partial charge in [-0.05, 0) is 27.7 Å². The van der Waals surface area contributed by atoms with E-state index in [4.69, 9.17) is 10.5 Å². The van der Waals surface area contributed by atoms with Gasteiger partial charge in [0.25, 0.3) is 0 Å². The third kappa shape index (κ3) is 3.97. The molecule has 0 aromatic heterocycles. The first kappa shape index (κ1) is 14.7. The van der Waals surface area contributed by atoms with Gasteiger partial charge in [0.15, 0.2) is 0 Å². The van der Waals surface area contributed by atoms with Crippen LogP contribution in [0.4, 0.5) is 0 Å². The van der Waals surface area contributed by atoms with E-state index in [1.165, 1.54) is 0 Å². The number of rotatable bonds is 1.